The molecule has 1 N–H and O–H groups in total. The van der Waals surface area contributed by atoms with E-state index in [0.717, 1.165) is 30.2 Å². The van der Waals surface area contributed by atoms with Crippen molar-refractivity contribution in [1.82, 2.24) is 30.3 Å². The van der Waals surface area contributed by atoms with Crippen LogP contribution in [0.1, 0.15) is 57.4 Å². The van der Waals surface area contributed by atoms with Crippen molar-refractivity contribution in [1.29, 1.82) is 0 Å². The van der Waals surface area contributed by atoms with E-state index < -0.39 is 6.04 Å². The van der Waals surface area contributed by atoms with Crippen LogP contribution >= 0.6 is 0 Å². The first-order valence-corrected chi connectivity index (χ1v) is 12.1. The summed E-state index contributed by atoms with van der Waals surface area (Å²) < 4.78 is 13.1. The number of carbonyl (C=O) groups is 2. The number of pyridine rings is 1. The summed E-state index contributed by atoms with van der Waals surface area (Å²) in [5.74, 6) is 1.38. The summed E-state index contributed by atoms with van der Waals surface area (Å²) in [4.78, 5) is 33.3. The number of rotatable bonds is 13. The molecule has 1 atom stereocenters. The summed E-state index contributed by atoms with van der Waals surface area (Å²) in [7, 11) is 1.56. The van der Waals surface area contributed by atoms with Gasteiger partial charge in [-0.3, -0.25) is 9.59 Å². The van der Waals surface area contributed by atoms with Gasteiger partial charge < -0.3 is 14.5 Å². The molecule has 0 aliphatic heterocycles. The molecule has 0 unspecified atom stereocenters. The molecule has 10 nitrogen and oxygen atoms in total. The molecule has 1 amide bonds. The lowest BCUT2D eigenvalue weighted by Gasteiger charge is -2.16. The summed E-state index contributed by atoms with van der Waals surface area (Å²) >= 11 is 0. The summed E-state index contributed by atoms with van der Waals surface area (Å²) in [5, 5.41) is 11.5. The molecule has 0 spiro atoms. The van der Waals surface area contributed by atoms with E-state index in [1.165, 1.54) is 10.9 Å². The van der Waals surface area contributed by atoms with Crippen molar-refractivity contribution >= 4 is 22.6 Å². The second-order valence-corrected chi connectivity index (χ2v) is 8.51. The number of hydrogen-bond donors (Lipinski definition) is 1. The van der Waals surface area contributed by atoms with Gasteiger partial charge in [0, 0.05) is 24.4 Å². The lowest BCUT2D eigenvalue weighted by molar-refractivity contribution is -0.123. The molecule has 4 rings (SSSR count). The maximum absolute atomic E-state index is 12.7. The number of Topliss-reactive ketones (excluding diaryl/α,β-unsaturated/α-hetero) is 1. The molecule has 0 saturated heterocycles. The molecule has 0 saturated carbocycles. The second-order valence-electron chi connectivity index (χ2n) is 8.51. The number of unbranched alkanes of at least 4 members (excludes halogenated alkanes) is 2. The van der Waals surface area contributed by atoms with Crippen LogP contribution in [0.4, 0.5) is 0 Å². The Morgan fingerprint density at radius 3 is 2.83 bits per heavy atom. The topological polar surface area (TPSA) is 125 Å². The first-order valence-electron chi connectivity index (χ1n) is 12.1. The summed E-state index contributed by atoms with van der Waals surface area (Å²) in [6.07, 6.45) is 9.04. The third-order valence-electron chi connectivity index (χ3n) is 5.92. The van der Waals surface area contributed by atoms with Crippen LogP contribution in [-0.2, 0) is 16.1 Å². The fourth-order valence-electron chi connectivity index (χ4n) is 3.99. The lowest BCUT2D eigenvalue weighted by atomic mass is 10.0. The fourth-order valence-corrected chi connectivity index (χ4v) is 3.99. The van der Waals surface area contributed by atoms with Crippen molar-refractivity contribution in [3.8, 4) is 17.2 Å². The molecule has 4 aromatic rings. The smallest absolute Gasteiger partial charge is 0.242 e. The van der Waals surface area contributed by atoms with Gasteiger partial charge in [-0.2, -0.15) is 0 Å². The zero-order chi connectivity index (χ0) is 25.3. The number of hydrogen-bond acceptors (Lipinski definition) is 8. The van der Waals surface area contributed by atoms with Gasteiger partial charge in [0.2, 0.25) is 17.7 Å². The molecule has 1 aromatic carbocycles. The minimum Gasteiger partial charge on any atom is -0.480 e. The Balaban J connectivity index is 1.52. The summed E-state index contributed by atoms with van der Waals surface area (Å²) in [6, 6.07) is 9.28. The largest absolute Gasteiger partial charge is 0.480 e. The van der Waals surface area contributed by atoms with Crippen molar-refractivity contribution in [3.63, 3.8) is 0 Å². The predicted molar refractivity (Wildman–Crippen MR) is 133 cm³/mol. The molecule has 188 valence electrons. The van der Waals surface area contributed by atoms with E-state index in [4.69, 9.17) is 9.15 Å². The van der Waals surface area contributed by atoms with Crippen molar-refractivity contribution in [2.75, 3.05) is 7.11 Å². The van der Waals surface area contributed by atoms with Gasteiger partial charge >= 0.3 is 0 Å². The molecular formula is C26H30N6O4. The van der Waals surface area contributed by atoms with Gasteiger partial charge in [-0.25, -0.2) is 14.6 Å². The van der Waals surface area contributed by atoms with Crippen LogP contribution < -0.4 is 10.1 Å². The molecule has 36 heavy (non-hydrogen) atoms. The number of methoxy groups -OCH3 is 1. The number of carbonyl (C=O) groups excluding carboxylic acids is 2. The highest BCUT2D eigenvalue weighted by Gasteiger charge is 2.22. The molecule has 0 fully saturated rings. The zero-order valence-corrected chi connectivity index (χ0v) is 20.5. The average molecular weight is 491 g/mol. The Bertz CT molecular complexity index is 1300. The fraction of sp³-hybridized carbons (Fsp3) is 0.385. The Kier molecular flexibility index (Phi) is 8.38. The maximum Gasteiger partial charge on any atom is 0.242 e. The highest BCUT2D eigenvalue weighted by atomic mass is 16.5. The van der Waals surface area contributed by atoms with Crippen LogP contribution in [0, 0.1) is 0 Å². The Morgan fingerprint density at radius 1 is 1.19 bits per heavy atom. The molecule has 3 aromatic heterocycles. The molecule has 0 aliphatic carbocycles. The normalized spacial score (nSPS) is 11.9. The molecule has 3 heterocycles. The van der Waals surface area contributed by atoms with Crippen LogP contribution in [0.15, 0.2) is 53.3 Å². The van der Waals surface area contributed by atoms with E-state index in [9.17, 15) is 9.59 Å². The monoisotopic (exact) mass is 490 g/mol. The number of oxazole rings is 1. The number of nitrogens with one attached hydrogen (secondary N) is 1. The number of fused-ring (bicyclic) bond motifs is 1. The maximum atomic E-state index is 12.7. The number of ketones is 1. The van der Waals surface area contributed by atoms with Crippen molar-refractivity contribution in [3.05, 3.63) is 54.8 Å². The number of nitrogens with zero attached hydrogens (tertiary/aromatic N) is 5. The van der Waals surface area contributed by atoms with Crippen LogP contribution in [0.25, 0.3) is 22.2 Å². The quantitative estimate of drug-likeness (QED) is 0.275. The zero-order valence-electron chi connectivity index (χ0n) is 20.5. The minimum atomic E-state index is -0.434. The van der Waals surface area contributed by atoms with Crippen LogP contribution in [0.2, 0.25) is 0 Å². The Hall–Kier alpha value is -4.08. The SMILES string of the molecule is CCC(=O)CCCCC[C@H](NC(=O)Cn1ccnn1)c1ncc(-c2cc3ccccc3nc2OC)o1. The molecule has 10 heteroatoms. The van der Waals surface area contributed by atoms with E-state index in [2.05, 4.69) is 25.6 Å². The van der Waals surface area contributed by atoms with Gasteiger partial charge in [-0.15, -0.1) is 5.10 Å². The average Bonchev–Trinajstić information content (AvgIpc) is 3.59. The molecular weight excluding hydrogens is 460 g/mol. The number of para-hydroxylation sites is 1. The van der Waals surface area contributed by atoms with E-state index in [1.54, 1.807) is 19.5 Å². The van der Waals surface area contributed by atoms with E-state index in [-0.39, 0.29) is 18.2 Å². The lowest BCUT2D eigenvalue weighted by Crippen LogP contribution is -2.32. The minimum absolute atomic E-state index is 0.0392. The molecule has 0 bridgehead atoms. The number of ether oxygens (including phenoxy) is 1. The Morgan fingerprint density at radius 2 is 2.06 bits per heavy atom. The van der Waals surface area contributed by atoms with Crippen molar-refractivity contribution in [2.45, 2.75) is 58.0 Å². The van der Waals surface area contributed by atoms with Crippen molar-refractivity contribution in [2.24, 2.45) is 0 Å². The van der Waals surface area contributed by atoms with Gasteiger partial charge in [0.15, 0.2) is 5.76 Å². The first kappa shape index (κ1) is 25.0. The third-order valence-corrected chi connectivity index (χ3v) is 5.92. The third kappa shape index (κ3) is 6.32. The highest BCUT2D eigenvalue weighted by Crippen LogP contribution is 2.33. The summed E-state index contributed by atoms with van der Waals surface area (Å²) in [6.45, 7) is 1.92. The van der Waals surface area contributed by atoms with E-state index in [1.807, 2.05) is 37.3 Å². The number of aromatic nitrogens is 5. The van der Waals surface area contributed by atoms with Crippen LogP contribution in [0.5, 0.6) is 5.88 Å². The molecule has 0 radical (unpaired) electrons. The first-order chi connectivity index (χ1) is 17.6. The van der Waals surface area contributed by atoms with Gasteiger partial charge in [-0.05, 0) is 25.0 Å². The van der Waals surface area contributed by atoms with E-state index in [0.29, 0.717) is 42.4 Å². The van der Waals surface area contributed by atoms with Gasteiger partial charge in [0.05, 0.1) is 30.6 Å². The second kappa shape index (κ2) is 12.1. The van der Waals surface area contributed by atoms with Gasteiger partial charge in [0.25, 0.3) is 0 Å². The van der Waals surface area contributed by atoms with E-state index >= 15 is 0 Å². The Labute approximate surface area is 209 Å². The predicted octanol–water partition coefficient (Wildman–Crippen LogP) is 4.28. The summed E-state index contributed by atoms with van der Waals surface area (Å²) in [5.41, 5.74) is 1.50. The van der Waals surface area contributed by atoms with Gasteiger partial charge in [0.1, 0.15) is 18.4 Å². The molecule has 0 aliphatic rings. The van der Waals surface area contributed by atoms with Crippen LogP contribution in [0.3, 0.4) is 0 Å². The number of amides is 1. The van der Waals surface area contributed by atoms with Crippen molar-refractivity contribution < 1.29 is 18.7 Å². The van der Waals surface area contributed by atoms with Gasteiger partial charge in [-0.1, -0.05) is 43.2 Å². The standard InChI is InChI=1S/C26H30N6O4/c1-3-19(33)10-5-4-6-12-22(29-24(34)17-32-14-13-28-31-32)26-27-16-23(36-26)20-15-18-9-7-8-11-21(18)30-25(20)35-2/h7-9,11,13-16,22H,3-6,10,12,17H2,1-2H3,(H,29,34)/t22-/m0/s1. The highest BCUT2D eigenvalue weighted by molar-refractivity contribution is 5.85. The van der Waals surface area contributed by atoms with Crippen LogP contribution in [-0.4, -0.2) is 43.8 Å². The number of benzene rings is 1.